The maximum Gasteiger partial charge on any atom is 0.263 e. The Labute approximate surface area is 130 Å². The molecule has 6 nitrogen and oxygen atoms in total. The van der Waals surface area contributed by atoms with Crippen molar-refractivity contribution in [2.75, 3.05) is 22.7 Å². The Morgan fingerprint density at radius 3 is 2.27 bits per heavy atom. The second-order valence-corrected chi connectivity index (χ2v) is 6.93. The number of hydrogen-bond donors (Lipinski definition) is 1. The van der Waals surface area contributed by atoms with E-state index in [4.69, 9.17) is 0 Å². The van der Waals surface area contributed by atoms with Crippen molar-refractivity contribution < 1.29 is 8.42 Å². The van der Waals surface area contributed by atoms with Gasteiger partial charge in [0.15, 0.2) is 11.6 Å². The van der Waals surface area contributed by atoms with Crippen molar-refractivity contribution in [2.45, 2.75) is 24.2 Å². The quantitative estimate of drug-likeness (QED) is 0.936. The van der Waals surface area contributed by atoms with Crippen molar-refractivity contribution in [2.24, 2.45) is 0 Å². The number of piperidine rings is 1. The summed E-state index contributed by atoms with van der Waals surface area (Å²) in [5, 5.41) is 8.11. The summed E-state index contributed by atoms with van der Waals surface area (Å²) in [6, 6.07) is 11.7. The summed E-state index contributed by atoms with van der Waals surface area (Å²) in [6.07, 6.45) is 3.56. The summed E-state index contributed by atoms with van der Waals surface area (Å²) >= 11 is 0. The van der Waals surface area contributed by atoms with Crippen molar-refractivity contribution in [3.05, 3.63) is 42.5 Å². The number of hydrogen-bond acceptors (Lipinski definition) is 5. The van der Waals surface area contributed by atoms with E-state index in [1.54, 1.807) is 30.3 Å². The van der Waals surface area contributed by atoms with Crippen molar-refractivity contribution >= 4 is 21.7 Å². The predicted octanol–water partition coefficient (Wildman–Crippen LogP) is 2.27. The molecule has 0 saturated carbocycles. The van der Waals surface area contributed by atoms with Gasteiger partial charge in [-0.15, -0.1) is 10.2 Å². The van der Waals surface area contributed by atoms with Gasteiger partial charge in [-0.3, -0.25) is 4.72 Å². The molecule has 2 aromatic rings. The monoisotopic (exact) mass is 318 g/mol. The molecule has 116 valence electrons. The Bertz CT molecular complexity index is 711. The molecule has 1 aliphatic heterocycles. The van der Waals surface area contributed by atoms with Gasteiger partial charge in [-0.25, -0.2) is 8.42 Å². The number of anilines is 2. The lowest BCUT2D eigenvalue weighted by Gasteiger charge is -2.27. The van der Waals surface area contributed by atoms with Crippen LogP contribution in [-0.4, -0.2) is 31.7 Å². The first-order chi connectivity index (χ1) is 10.6. The number of aromatic nitrogens is 2. The molecule has 0 radical (unpaired) electrons. The first-order valence-corrected chi connectivity index (χ1v) is 8.80. The van der Waals surface area contributed by atoms with Crippen LogP contribution < -0.4 is 9.62 Å². The molecule has 22 heavy (non-hydrogen) atoms. The summed E-state index contributed by atoms with van der Waals surface area (Å²) < 4.78 is 26.8. The third-order valence-electron chi connectivity index (χ3n) is 3.62. The molecule has 2 heterocycles. The fraction of sp³-hybridized carbons (Fsp3) is 0.333. The molecule has 1 aliphatic rings. The van der Waals surface area contributed by atoms with Crippen molar-refractivity contribution in [3.63, 3.8) is 0 Å². The van der Waals surface area contributed by atoms with Gasteiger partial charge in [0.1, 0.15) is 0 Å². The van der Waals surface area contributed by atoms with Crippen molar-refractivity contribution in [1.29, 1.82) is 0 Å². The van der Waals surface area contributed by atoms with Crippen LogP contribution in [0.3, 0.4) is 0 Å². The van der Waals surface area contributed by atoms with E-state index in [2.05, 4.69) is 19.8 Å². The average molecular weight is 318 g/mol. The van der Waals surface area contributed by atoms with Gasteiger partial charge in [0, 0.05) is 13.1 Å². The zero-order valence-corrected chi connectivity index (χ0v) is 13.0. The number of rotatable bonds is 4. The van der Waals surface area contributed by atoms with Gasteiger partial charge in [-0.2, -0.15) is 0 Å². The summed E-state index contributed by atoms with van der Waals surface area (Å²) in [6.45, 7) is 1.95. The molecule has 1 N–H and O–H groups in total. The van der Waals surface area contributed by atoms with E-state index in [0.717, 1.165) is 31.7 Å². The van der Waals surface area contributed by atoms with Gasteiger partial charge in [0.05, 0.1) is 4.90 Å². The van der Waals surface area contributed by atoms with Gasteiger partial charge in [-0.1, -0.05) is 18.2 Å². The largest absolute Gasteiger partial charge is 0.355 e. The third-order valence-corrected chi connectivity index (χ3v) is 4.99. The van der Waals surface area contributed by atoms with E-state index in [1.807, 2.05) is 0 Å². The van der Waals surface area contributed by atoms with Gasteiger partial charge < -0.3 is 4.90 Å². The normalized spacial score (nSPS) is 15.5. The number of sulfonamides is 1. The van der Waals surface area contributed by atoms with Crippen LogP contribution in [0.2, 0.25) is 0 Å². The van der Waals surface area contributed by atoms with E-state index in [1.165, 1.54) is 18.6 Å². The van der Waals surface area contributed by atoms with Gasteiger partial charge >= 0.3 is 0 Å². The molecule has 1 saturated heterocycles. The molecule has 0 amide bonds. The Morgan fingerprint density at radius 2 is 1.64 bits per heavy atom. The Balaban J connectivity index is 1.73. The minimum absolute atomic E-state index is 0.205. The van der Waals surface area contributed by atoms with Crippen molar-refractivity contribution in [1.82, 2.24) is 10.2 Å². The SMILES string of the molecule is O=S(=O)(Nc1ccc(N2CCCCC2)nn1)c1ccccc1. The molecule has 1 aromatic heterocycles. The number of nitrogens with zero attached hydrogens (tertiary/aromatic N) is 3. The zero-order chi connectivity index (χ0) is 15.4. The number of nitrogens with one attached hydrogen (secondary N) is 1. The summed E-state index contributed by atoms with van der Waals surface area (Å²) in [5.41, 5.74) is 0. The lowest BCUT2D eigenvalue weighted by Crippen LogP contribution is -2.30. The van der Waals surface area contributed by atoms with Gasteiger partial charge in [-0.05, 0) is 43.5 Å². The zero-order valence-electron chi connectivity index (χ0n) is 12.1. The van der Waals surface area contributed by atoms with Crippen molar-refractivity contribution in [3.8, 4) is 0 Å². The molecular formula is C15H18N4O2S. The van der Waals surface area contributed by atoms with E-state index in [0.29, 0.717) is 0 Å². The highest BCUT2D eigenvalue weighted by Crippen LogP contribution is 2.19. The van der Waals surface area contributed by atoms with Crippen LogP contribution in [-0.2, 0) is 10.0 Å². The van der Waals surface area contributed by atoms with Crippen LogP contribution in [0.15, 0.2) is 47.4 Å². The van der Waals surface area contributed by atoms with Crippen LogP contribution in [0, 0.1) is 0 Å². The highest BCUT2D eigenvalue weighted by molar-refractivity contribution is 7.92. The Morgan fingerprint density at radius 1 is 0.909 bits per heavy atom. The van der Waals surface area contributed by atoms with E-state index < -0.39 is 10.0 Å². The maximum atomic E-state index is 12.2. The molecule has 0 aliphatic carbocycles. The maximum absolute atomic E-state index is 12.2. The standard InChI is InChI=1S/C15H18N4O2S/c20-22(21,13-7-3-1-4-8-13)18-14-9-10-15(17-16-14)19-11-5-2-6-12-19/h1,3-4,7-10H,2,5-6,11-12H2,(H,16,18). The first-order valence-electron chi connectivity index (χ1n) is 7.32. The topological polar surface area (TPSA) is 75.2 Å². The second-order valence-electron chi connectivity index (χ2n) is 5.24. The van der Waals surface area contributed by atoms with Crippen LogP contribution in [0.25, 0.3) is 0 Å². The minimum Gasteiger partial charge on any atom is -0.355 e. The van der Waals surface area contributed by atoms with Crippen LogP contribution in [0.1, 0.15) is 19.3 Å². The average Bonchev–Trinajstić information content (AvgIpc) is 2.57. The fourth-order valence-corrected chi connectivity index (χ4v) is 3.49. The molecule has 0 spiro atoms. The molecule has 0 atom stereocenters. The van der Waals surface area contributed by atoms with Crippen LogP contribution in [0.4, 0.5) is 11.6 Å². The van der Waals surface area contributed by atoms with E-state index >= 15 is 0 Å². The number of benzene rings is 1. The van der Waals surface area contributed by atoms with Crippen LogP contribution >= 0.6 is 0 Å². The molecule has 0 bridgehead atoms. The molecule has 1 aromatic carbocycles. The Kier molecular flexibility index (Phi) is 4.24. The van der Waals surface area contributed by atoms with Crippen LogP contribution in [0.5, 0.6) is 0 Å². The van der Waals surface area contributed by atoms with E-state index in [-0.39, 0.29) is 10.7 Å². The summed E-state index contributed by atoms with van der Waals surface area (Å²) in [4.78, 5) is 2.38. The first kappa shape index (κ1) is 14.8. The molecular weight excluding hydrogens is 300 g/mol. The molecule has 1 fully saturated rings. The predicted molar refractivity (Wildman–Crippen MR) is 85.3 cm³/mol. The molecule has 0 unspecified atom stereocenters. The Hall–Kier alpha value is -2.15. The summed E-state index contributed by atoms with van der Waals surface area (Å²) in [7, 11) is -3.62. The van der Waals surface area contributed by atoms with Gasteiger partial charge in [0.2, 0.25) is 0 Å². The molecule has 3 rings (SSSR count). The highest BCUT2D eigenvalue weighted by atomic mass is 32.2. The lowest BCUT2D eigenvalue weighted by atomic mass is 10.1. The van der Waals surface area contributed by atoms with Gasteiger partial charge in [0.25, 0.3) is 10.0 Å². The minimum atomic E-state index is -3.62. The van der Waals surface area contributed by atoms with E-state index in [9.17, 15) is 8.42 Å². The third kappa shape index (κ3) is 3.36. The molecule has 7 heteroatoms. The smallest absolute Gasteiger partial charge is 0.263 e. The highest BCUT2D eigenvalue weighted by Gasteiger charge is 2.16. The summed E-state index contributed by atoms with van der Waals surface area (Å²) in [5.74, 6) is 1.02. The second kappa shape index (κ2) is 6.31. The lowest BCUT2D eigenvalue weighted by molar-refractivity contribution is 0.571. The fourth-order valence-electron chi connectivity index (χ4n) is 2.47.